The van der Waals surface area contributed by atoms with Crippen LogP contribution in [0.15, 0.2) is 72.8 Å². The van der Waals surface area contributed by atoms with Gasteiger partial charge < -0.3 is 4.74 Å². The van der Waals surface area contributed by atoms with E-state index in [1.807, 2.05) is 36.4 Å². The van der Waals surface area contributed by atoms with Crippen LogP contribution in [0.2, 0.25) is 0 Å². The van der Waals surface area contributed by atoms with Crippen LogP contribution in [0.25, 0.3) is 43.1 Å². The largest absolute Gasteiger partial charge is 0.497 e. The van der Waals surface area contributed by atoms with Gasteiger partial charge in [0.25, 0.3) is 23.6 Å². The van der Waals surface area contributed by atoms with Gasteiger partial charge in [0, 0.05) is 45.1 Å². The Morgan fingerprint density at radius 1 is 0.529 bits per heavy atom. The van der Waals surface area contributed by atoms with Crippen molar-refractivity contribution >= 4 is 72.4 Å². The van der Waals surface area contributed by atoms with Crippen LogP contribution in [0, 0.1) is 0 Å². The summed E-state index contributed by atoms with van der Waals surface area (Å²) >= 11 is 0. The van der Waals surface area contributed by atoms with Gasteiger partial charge in [0.2, 0.25) is 0 Å². The summed E-state index contributed by atoms with van der Waals surface area (Å²) in [6, 6.07) is 22.0. The van der Waals surface area contributed by atoms with Crippen molar-refractivity contribution in [3.63, 3.8) is 0 Å². The van der Waals surface area contributed by atoms with E-state index in [0.717, 1.165) is 96.5 Å². The van der Waals surface area contributed by atoms with E-state index in [9.17, 15) is 19.2 Å². The molecule has 0 aromatic heterocycles. The molecule has 2 heterocycles. The fraction of sp³-hybridized carbons (Fsp3) is 0.318. The maximum atomic E-state index is 14.4. The maximum Gasteiger partial charge on any atom is 0.265 e. The van der Waals surface area contributed by atoms with Crippen molar-refractivity contribution in [2.45, 2.75) is 84.1 Å². The number of anilines is 1. The normalized spacial score (nSPS) is 14.4. The van der Waals surface area contributed by atoms with Gasteiger partial charge in [0.1, 0.15) is 5.75 Å². The Labute approximate surface area is 297 Å². The molecule has 4 amide bonds. The van der Waals surface area contributed by atoms with Crippen LogP contribution >= 0.6 is 0 Å². The lowest BCUT2D eigenvalue weighted by Crippen LogP contribution is -2.47. The van der Waals surface area contributed by atoms with E-state index in [4.69, 9.17) is 4.74 Å². The van der Waals surface area contributed by atoms with Gasteiger partial charge in [-0.1, -0.05) is 95.5 Å². The molecule has 7 nitrogen and oxygen atoms in total. The van der Waals surface area contributed by atoms with E-state index in [1.165, 1.54) is 4.90 Å². The zero-order chi connectivity index (χ0) is 35.4. The highest BCUT2D eigenvalue weighted by molar-refractivity contribution is 6.43. The smallest absolute Gasteiger partial charge is 0.265 e. The summed E-state index contributed by atoms with van der Waals surface area (Å²) in [5, 5.41) is 6.57. The molecule has 0 bridgehead atoms. The number of carbonyl (C=O) groups excluding carboxylic acids is 4. The first-order valence-electron chi connectivity index (χ1n) is 18.5. The summed E-state index contributed by atoms with van der Waals surface area (Å²) in [4.78, 5) is 59.7. The van der Waals surface area contributed by atoms with Gasteiger partial charge >= 0.3 is 0 Å². The van der Waals surface area contributed by atoms with Crippen LogP contribution in [0.4, 0.5) is 5.69 Å². The second kappa shape index (κ2) is 13.1. The molecule has 0 radical (unpaired) electrons. The second-order valence-electron chi connectivity index (χ2n) is 14.1. The van der Waals surface area contributed by atoms with E-state index in [2.05, 4.69) is 13.8 Å². The Morgan fingerprint density at radius 3 is 1.41 bits per heavy atom. The Bertz CT molecular complexity index is 2260. The predicted octanol–water partition coefficient (Wildman–Crippen LogP) is 10.5. The minimum atomic E-state index is -0.393. The third kappa shape index (κ3) is 5.08. The quantitative estimate of drug-likeness (QED) is 0.0525. The fourth-order valence-electron chi connectivity index (χ4n) is 8.62. The van der Waals surface area contributed by atoms with Crippen molar-refractivity contribution in [1.29, 1.82) is 0 Å². The molecule has 6 aromatic rings. The number of ether oxygens (including phenoxy) is 1. The molecule has 8 rings (SSSR count). The summed E-state index contributed by atoms with van der Waals surface area (Å²) in [6.45, 7) is 4.38. The molecular formula is C44H42N2O5. The van der Waals surface area contributed by atoms with Crippen LogP contribution in [0.5, 0.6) is 5.75 Å². The molecular weight excluding hydrogens is 636 g/mol. The van der Waals surface area contributed by atoms with E-state index < -0.39 is 11.8 Å². The van der Waals surface area contributed by atoms with E-state index in [-0.39, 0.29) is 17.9 Å². The van der Waals surface area contributed by atoms with Gasteiger partial charge in [-0.2, -0.15) is 0 Å². The highest BCUT2D eigenvalue weighted by Gasteiger charge is 2.39. The molecule has 0 aliphatic carbocycles. The minimum absolute atomic E-state index is 0.127. The van der Waals surface area contributed by atoms with Crippen molar-refractivity contribution in [1.82, 2.24) is 4.90 Å². The van der Waals surface area contributed by atoms with Crippen molar-refractivity contribution in [3.05, 3.63) is 95.1 Å². The first-order chi connectivity index (χ1) is 24.9. The number of hydrogen-bond acceptors (Lipinski definition) is 5. The van der Waals surface area contributed by atoms with Gasteiger partial charge in [0.05, 0.1) is 12.8 Å². The molecule has 6 aromatic carbocycles. The monoisotopic (exact) mass is 678 g/mol. The zero-order valence-electron chi connectivity index (χ0n) is 29.5. The Balaban J connectivity index is 1.26. The molecule has 2 aliphatic rings. The number of rotatable bonds is 13. The third-order valence-corrected chi connectivity index (χ3v) is 11.1. The lowest BCUT2D eigenvalue weighted by atomic mass is 9.82. The highest BCUT2D eigenvalue weighted by atomic mass is 16.5. The van der Waals surface area contributed by atoms with E-state index in [1.54, 1.807) is 48.4 Å². The van der Waals surface area contributed by atoms with Crippen LogP contribution in [0.3, 0.4) is 0 Å². The predicted molar refractivity (Wildman–Crippen MR) is 204 cm³/mol. The molecule has 51 heavy (non-hydrogen) atoms. The first kappa shape index (κ1) is 32.9. The van der Waals surface area contributed by atoms with E-state index in [0.29, 0.717) is 44.5 Å². The number of carbonyl (C=O) groups is 4. The molecule has 0 saturated carbocycles. The summed E-state index contributed by atoms with van der Waals surface area (Å²) in [5.41, 5.74) is 2.47. The number of hydrogen-bond donors (Lipinski definition) is 0. The topological polar surface area (TPSA) is 84.0 Å². The van der Waals surface area contributed by atoms with Crippen LogP contribution < -0.4 is 9.64 Å². The number of unbranched alkanes of at least 4 members (excludes halogenated alkanes) is 6. The van der Waals surface area contributed by atoms with Gasteiger partial charge in [-0.05, 0) is 81.6 Å². The average Bonchev–Trinajstić information content (AvgIpc) is 3.15. The van der Waals surface area contributed by atoms with Crippen LogP contribution in [-0.4, -0.2) is 41.7 Å². The molecule has 7 heteroatoms. The van der Waals surface area contributed by atoms with Crippen LogP contribution in [-0.2, 0) is 0 Å². The summed E-state index contributed by atoms with van der Waals surface area (Å²) < 4.78 is 5.37. The van der Waals surface area contributed by atoms with Gasteiger partial charge in [-0.25, -0.2) is 4.90 Å². The molecule has 0 N–H and O–H groups in total. The molecule has 0 spiro atoms. The van der Waals surface area contributed by atoms with Crippen molar-refractivity contribution < 1.29 is 23.9 Å². The molecule has 0 unspecified atom stereocenters. The lowest BCUT2D eigenvalue weighted by molar-refractivity contribution is 0.0516. The number of nitrogens with zero attached hydrogens (tertiary/aromatic N) is 2. The Morgan fingerprint density at radius 2 is 0.980 bits per heavy atom. The molecule has 0 saturated heterocycles. The molecule has 258 valence electrons. The van der Waals surface area contributed by atoms with Gasteiger partial charge in [0.15, 0.2) is 0 Å². The van der Waals surface area contributed by atoms with Crippen molar-refractivity contribution in [2.24, 2.45) is 0 Å². The number of amides is 4. The Kier molecular flexibility index (Phi) is 8.45. The second-order valence-corrected chi connectivity index (χ2v) is 14.1. The molecule has 0 atom stereocenters. The van der Waals surface area contributed by atoms with Crippen molar-refractivity contribution in [2.75, 3.05) is 12.0 Å². The lowest BCUT2D eigenvalue weighted by Gasteiger charge is -2.35. The molecule has 2 aliphatic heterocycles. The number of benzene rings is 6. The average molecular weight is 679 g/mol. The first-order valence-corrected chi connectivity index (χ1v) is 18.5. The number of imide groups is 2. The summed E-state index contributed by atoms with van der Waals surface area (Å²) in [6.07, 6.45) is 10.4. The van der Waals surface area contributed by atoms with Gasteiger partial charge in [-0.3, -0.25) is 24.1 Å². The maximum absolute atomic E-state index is 14.4. The SMILES string of the molecule is CCCCCCC(CCCCCC)N1C(=O)c2ccc3c4ccc5c6c(ccc(c7ccc(c2c37)C1=O)c64)C(=O)N(c1cccc(OC)c1)C5=O. The van der Waals surface area contributed by atoms with Gasteiger partial charge in [-0.15, -0.1) is 0 Å². The van der Waals surface area contributed by atoms with Crippen LogP contribution in [0.1, 0.15) is 119 Å². The summed E-state index contributed by atoms with van der Waals surface area (Å²) in [5.74, 6) is -0.657. The minimum Gasteiger partial charge on any atom is -0.497 e. The zero-order valence-corrected chi connectivity index (χ0v) is 29.5. The molecule has 0 fully saturated rings. The standard InChI is InChI=1S/C44H42N2O5/c1-4-6-8-10-13-26(14-11-9-7-5-2)45-41(47)33-21-17-29-31-19-23-35-40-36(44(50)46(43(35)49)27-15-12-16-28(25-27)51-3)24-20-32(38(31)40)30-18-22-34(42(45)48)39(33)37(29)30/h12,15-26H,4-11,13-14H2,1-3H3. The third-order valence-electron chi connectivity index (χ3n) is 11.1. The fourth-order valence-corrected chi connectivity index (χ4v) is 8.62. The highest BCUT2D eigenvalue weighted by Crippen LogP contribution is 2.47. The van der Waals surface area contributed by atoms with E-state index >= 15 is 0 Å². The number of fused-ring (bicyclic) bond motifs is 2. The Hall–Kier alpha value is -5.30. The summed E-state index contributed by atoms with van der Waals surface area (Å²) in [7, 11) is 1.55. The van der Waals surface area contributed by atoms with Crippen molar-refractivity contribution in [3.8, 4) is 5.75 Å². The number of methoxy groups -OCH3 is 1.